The van der Waals surface area contributed by atoms with Gasteiger partial charge in [-0.3, -0.25) is 15.2 Å². The predicted molar refractivity (Wildman–Crippen MR) is 113 cm³/mol. The highest BCUT2D eigenvalue weighted by atomic mass is 35.5. The van der Waals surface area contributed by atoms with Crippen LogP contribution in [0.15, 0.2) is 67.0 Å². The molecule has 142 valence electrons. The van der Waals surface area contributed by atoms with Gasteiger partial charge < -0.3 is 5.32 Å². The molecule has 0 saturated carbocycles. The van der Waals surface area contributed by atoms with Crippen LogP contribution in [-0.4, -0.2) is 16.7 Å². The molecule has 3 rings (SSSR count). The molecule has 0 spiro atoms. The molecule has 1 unspecified atom stereocenters. The van der Waals surface area contributed by atoms with Crippen LogP contribution in [0.3, 0.4) is 0 Å². The molecule has 1 aromatic heterocycles. The Morgan fingerprint density at radius 1 is 1.07 bits per heavy atom. The Bertz CT molecular complexity index is 1010. The normalized spacial score (nSPS) is 11.7. The van der Waals surface area contributed by atoms with Crippen LogP contribution in [-0.2, 0) is 11.2 Å². The second kappa shape index (κ2) is 9.00. The third-order valence-electron chi connectivity index (χ3n) is 4.35. The molecule has 28 heavy (non-hydrogen) atoms. The molecular formula is C22H19Cl2N3O. The number of halogens is 2. The molecule has 0 saturated heterocycles. The van der Waals surface area contributed by atoms with E-state index < -0.39 is 5.92 Å². The molecule has 0 radical (unpaired) electrons. The number of hydrogen-bond donors (Lipinski definition) is 2. The fraction of sp³-hybridized carbons (Fsp3) is 0.136. The summed E-state index contributed by atoms with van der Waals surface area (Å²) in [5.74, 6) is -0.711. The number of amides is 1. The highest BCUT2D eigenvalue weighted by molar-refractivity contribution is 6.42. The van der Waals surface area contributed by atoms with Gasteiger partial charge in [0.25, 0.3) is 0 Å². The summed E-state index contributed by atoms with van der Waals surface area (Å²) < 4.78 is 0. The van der Waals surface area contributed by atoms with E-state index in [4.69, 9.17) is 28.6 Å². The Morgan fingerprint density at radius 2 is 1.82 bits per heavy atom. The minimum Gasteiger partial charge on any atom is -0.310 e. The van der Waals surface area contributed by atoms with E-state index in [1.54, 1.807) is 24.5 Å². The standard InChI is InChI=1S/C22H19Cl2N3O/c1-14-9-17(13-26-12-14)21(25)27-22(28)18(16-5-3-2-4-6-16)10-15-7-8-19(23)20(24)11-15/h2-9,11-13,18H,10H2,1H3,(H2,25,27,28). The zero-order valence-corrected chi connectivity index (χ0v) is 16.8. The van der Waals surface area contributed by atoms with Gasteiger partial charge in [0.05, 0.1) is 16.0 Å². The van der Waals surface area contributed by atoms with Gasteiger partial charge in [-0.25, -0.2) is 0 Å². The maximum Gasteiger partial charge on any atom is 0.233 e. The van der Waals surface area contributed by atoms with Crippen molar-refractivity contribution in [3.8, 4) is 0 Å². The molecule has 0 aliphatic rings. The maximum absolute atomic E-state index is 13.0. The van der Waals surface area contributed by atoms with Gasteiger partial charge in [-0.2, -0.15) is 0 Å². The van der Waals surface area contributed by atoms with Crippen LogP contribution in [0.5, 0.6) is 0 Å². The Hall–Kier alpha value is -2.69. The lowest BCUT2D eigenvalue weighted by molar-refractivity contribution is -0.121. The molecule has 2 aromatic carbocycles. The molecule has 4 nitrogen and oxygen atoms in total. The number of aryl methyl sites for hydroxylation is 1. The maximum atomic E-state index is 13.0. The van der Waals surface area contributed by atoms with Crippen molar-refractivity contribution in [3.05, 3.63) is 99.3 Å². The van der Waals surface area contributed by atoms with Gasteiger partial charge in [0.1, 0.15) is 5.84 Å². The second-order valence-electron chi connectivity index (χ2n) is 6.53. The van der Waals surface area contributed by atoms with E-state index in [2.05, 4.69) is 10.3 Å². The Labute approximate surface area is 174 Å². The lowest BCUT2D eigenvalue weighted by Crippen LogP contribution is -2.35. The smallest absolute Gasteiger partial charge is 0.233 e. The third kappa shape index (κ3) is 4.97. The molecular weight excluding hydrogens is 393 g/mol. The van der Waals surface area contributed by atoms with Crippen molar-refractivity contribution in [2.45, 2.75) is 19.3 Å². The van der Waals surface area contributed by atoms with Gasteiger partial charge in [0, 0.05) is 18.0 Å². The number of amidine groups is 1. The molecule has 0 aliphatic heterocycles. The van der Waals surface area contributed by atoms with Crippen LogP contribution in [0, 0.1) is 12.3 Å². The number of benzene rings is 2. The number of carbonyl (C=O) groups is 1. The van der Waals surface area contributed by atoms with Crippen LogP contribution in [0.4, 0.5) is 0 Å². The molecule has 0 fully saturated rings. The molecule has 2 N–H and O–H groups in total. The van der Waals surface area contributed by atoms with Crippen LogP contribution in [0.25, 0.3) is 0 Å². The fourth-order valence-electron chi connectivity index (χ4n) is 2.92. The van der Waals surface area contributed by atoms with Gasteiger partial charge in [0.15, 0.2) is 0 Å². The number of carbonyl (C=O) groups excluding carboxylic acids is 1. The number of nitrogens with one attached hydrogen (secondary N) is 2. The molecule has 1 atom stereocenters. The van der Waals surface area contributed by atoms with E-state index in [1.165, 1.54) is 0 Å². The summed E-state index contributed by atoms with van der Waals surface area (Å²) in [5, 5.41) is 11.9. The SMILES string of the molecule is Cc1cncc(C(=N)NC(=O)C(Cc2ccc(Cl)c(Cl)c2)c2ccccc2)c1. The van der Waals surface area contributed by atoms with Crippen LogP contribution in [0.2, 0.25) is 10.0 Å². The summed E-state index contributed by atoms with van der Waals surface area (Å²) in [5.41, 5.74) is 3.24. The van der Waals surface area contributed by atoms with Crippen LogP contribution < -0.4 is 5.32 Å². The van der Waals surface area contributed by atoms with Crippen molar-refractivity contribution in [2.24, 2.45) is 0 Å². The Morgan fingerprint density at radius 3 is 2.50 bits per heavy atom. The number of hydrogen-bond acceptors (Lipinski definition) is 3. The summed E-state index contributed by atoms with van der Waals surface area (Å²) in [6.45, 7) is 1.89. The highest BCUT2D eigenvalue weighted by Crippen LogP contribution is 2.27. The summed E-state index contributed by atoms with van der Waals surface area (Å²) in [6, 6.07) is 16.6. The highest BCUT2D eigenvalue weighted by Gasteiger charge is 2.23. The third-order valence-corrected chi connectivity index (χ3v) is 5.09. The van der Waals surface area contributed by atoms with Crippen molar-refractivity contribution in [3.63, 3.8) is 0 Å². The summed E-state index contributed by atoms with van der Waals surface area (Å²) in [7, 11) is 0. The molecule has 1 amide bonds. The van der Waals surface area contributed by atoms with Gasteiger partial charge in [-0.05, 0) is 48.2 Å². The van der Waals surface area contributed by atoms with Crippen LogP contribution in [0.1, 0.15) is 28.2 Å². The van der Waals surface area contributed by atoms with E-state index in [9.17, 15) is 4.79 Å². The number of nitrogens with zero attached hydrogens (tertiary/aromatic N) is 1. The predicted octanol–water partition coefficient (Wildman–Crippen LogP) is 5.16. The second-order valence-corrected chi connectivity index (χ2v) is 7.35. The average molecular weight is 412 g/mol. The van der Waals surface area contributed by atoms with Crippen molar-refractivity contribution < 1.29 is 4.79 Å². The van der Waals surface area contributed by atoms with E-state index >= 15 is 0 Å². The largest absolute Gasteiger partial charge is 0.310 e. The van der Waals surface area contributed by atoms with Gasteiger partial charge in [-0.1, -0.05) is 59.6 Å². The molecule has 3 aromatic rings. The van der Waals surface area contributed by atoms with E-state index in [0.29, 0.717) is 22.0 Å². The first-order valence-electron chi connectivity index (χ1n) is 8.74. The Kier molecular flexibility index (Phi) is 6.45. The minimum atomic E-state index is -0.475. The van der Waals surface area contributed by atoms with Crippen molar-refractivity contribution in [1.29, 1.82) is 5.41 Å². The topological polar surface area (TPSA) is 65.8 Å². The monoisotopic (exact) mass is 411 g/mol. The first kappa shape index (κ1) is 20.1. The average Bonchev–Trinajstić information content (AvgIpc) is 2.69. The lowest BCUT2D eigenvalue weighted by Gasteiger charge is -2.18. The Balaban J connectivity index is 1.85. The van der Waals surface area contributed by atoms with Gasteiger partial charge >= 0.3 is 0 Å². The van der Waals surface area contributed by atoms with Crippen LogP contribution >= 0.6 is 23.2 Å². The quantitative estimate of drug-likeness (QED) is 0.449. The number of aromatic nitrogens is 1. The van der Waals surface area contributed by atoms with E-state index in [1.807, 2.05) is 49.4 Å². The molecule has 6 heteroatoms. The van der Waals surface area contributed by atoms with Gasteiger partial charge in [-0.15, -0.1) is 0 Å². The fourth-order valence-corrected chi connectivity index (χ4v) is 3.24. The van der Waals surface area contributed by atoms with E-state index in [-0.39, 0.29) is 11.7 Å². The summed E-state index contributed by atoms with van der Waals surface area (Å²) in [4.78, 5) is 17.1. The van der Waals surface area contributed by atoms with Crippen molar-refractivity contribution in [2.75, 3.05) is 0 Å². The number of rotatable bonds is 5. The zero-order chi connectivity index (χ0) is 20.1. The summed E-state index contributed by atoms with van der Waals surface area (Å²) >= 11 is 12.1. The number of pyridine rings is 1. The van der Waals surface area contributed by atoms with Crippen molar-refractivity contribution >= 4 is 34.9 Å². The van der Waals surface area contributed by atoms with Gasteiger partial charge in [0.2, 0.25) is 5.91 Å². The summed E-state index contributed by atoms with van der Waals surface area (Å²) in [6.07, 6.45) is 3.70. The lowest BCUT2D eigenvalue weighted by atomic mass is 9.91. The molecule has 0 bridgehead atoms. The molecule has 1 heterocycles. The van der Waals surface area contributed by atoms with E-state index in [0.717, 1.165) is 16.7 Å². The first-order valence-corrected chi connectivity index (χ1v) is 9.50. The van der Waals surface area contributed by atoms with Crippen molar-refractivity contribution in [1.82, 2.24) is 10.3 Å². The molecule has 0 aliphatic carbocycles. The first-order chi connectivity index (χ1) is 13.4. The minimum absolute atomic E-state index is 0.0243. The zero-order valence-electron chi connectivity index (χ0n) is 15.2.